The zero-order chi connectivity index (χ0) is 18.4. The molecule has 0 unspecified atom stereocenters. The van der Waals surface area contributed by atoms with E-state index < -0.39 is 5.91 Å². The van der Waals surface area contributed by atoms with E-state index in [1.165, 1.54) is 6.20 Å². The van der Waals surface area contributed by atoms with Crippen LogP contribution in [-0.4, -0.2) is 23.9 Å². The average Bonchev–Trinajstić information content (AvgIpc) is 2.69. The maximum atomic E-state index is 12.6. The molecule has 0 radical (unpaired) electrons. The number of nitrogens with zero attached hydrogens (tertiary/aromatic N) is 1. The number of amides is 2. The highest BCUT2D eigenvalue weighted by Gasteiger charge is 2.15. The summed E-state index contributed by atoms with van der Waals surface area (Å²) in [5, 5.41) is 5.48. The van der Waals surface area contributed by atoms with Crippen molar-refractivity contribution in [2.24, 2.45) is 0 Å². The normalized spacial score (nSPS) is 10.0. The first-order valence-corrected chi connectivity index (χ1v) is 7.94. The molecule has 6 nitrogen and oxygen atoms in total. The lowest BCUT2D eigenvalue weighted by atomic mass is 10.2. The Hall–Kier alpha value is -3.67. The van der Waals surface area contributed by atoms with Crippen LogP contribution >= 0.6 is 0 Å². The number of carbonyl (C=O) groups is 2. The number of carbonyl (C=O) groups excluding carboxylic acids is 2. The van der Waals surface area contributed by atoms with E-state index in [1.807, 2.05) is 6.07 Å². The maximum Gasteiger partial charge on any atom is 0.276 e. The summed E-state index contributed by atoms with van der Waals surface area (Å²) in [6.07, 6.45) is 1.50. The van der Waals surface area contributed by atoms with Gasteiger partial charge in [0.2, 0.25) is 0 Å². The lowest BCUT2D eigenvalue weighted by molar-refractivity contribution is 0.102. The van der Waals surface area contributed by atoms with Crippen LogP contribution in [-0.2, 0) is 0 Å². The van der Waals surface area contributed by atoms with Crippen molar-refractivity contribution in [1.82, 2.24) is 4.98 Å². The quantitative estimate of drug-likeness (QED) is 0.739. The Labute approximate surface area is 150 Å². The molecular weight excluding hydrogens is 330 g/mol. The molecule has 130 valence electrons. The highest BCUT2D eigenvalue weighted by Crippen LogP contribution is 2.18. The minimum absolute atomic E-state index is 0.132. The van der Waals surface area contributed by atoms with Gasteiger partial charge in [-0.15, -0.1) is 0 Å². The lowest BCUT2D eigenvalue weighted by Crippen LogP contribution is -2.19. The Kier molecular flexibility index (Phi) is 5.24. The summed E-state index contributed by atoms with van der Waals surface area (Å²) in [5.74, 6) is -0.0344. The van der Waals surface area contributed by atoms with Crippen molar-refractivity contribution in [2.45, 2.75) is 0 Å². The molecule has 0 saturated heterocycles. The van der Waals surface area contributed by atoms with Crippen LogP contribution in [0.2, 0.25) is 0 Å². The van der Waals surface area contributed by atoms with E-state index in [-0.39, 0.29) is 11.6 Å². The predicted molar refractivity (Wildman–Crippen MR) is 99.6 cm³/mol. The second-order valence-electron chi connectivity index (χ2n) is 5.40. The smallest absolute Gasteiger partial charge is 0.276 e. The number of hydrogen-bond donors (Lipinski definition) is 2. The van der Waals surface area contributed by atoms with Gasteiger partial charge in [0.05, 0.1) is 12.8 Å². The fourth-order valence-corrected chi connectivity index (χ4v) is 2.34. The first-order chi connectivity index (χ1) is 12.7. The first kappa shape index (κ1) is 17.2. The molecule has 1 heterocycles. The van der Waals surface area contributed by atoms with Crippen molar-refractivity contribution in [3.05, 3.63) is 84.2 Å². The summed E-state index contributed by atoms with van der Waals surface area (Å²) in [6.45, 7) is 0. The molecule has 6 heteroatoms. The molecule has 1 aromatic heterocycles. The fraction of sp³-hybridized carbons (Fsp3) is 0.0500. The number of rotatable bonds is 5. The van der Waals surface area contributed by atoms with Crippen LogP contribution in [0.3, 0.4) is 0 Å². The Balaban J connectivity index is 1.77. The molecule has 2 N–H and O–H groups in total. The van der Waals surface area contributed by atoms with Crippen molar-refractivity contribution in [1.29, 1.82) is 0 Å². The van der Waals surface area contributed by atoms with Crippen LogP contribution in [0.4, 0.5) is 11.4 Å². The zero-order valence-corrected chi connectivity index (χ0v) is 14.1. The molecule has 26 heavy (non-hydrogen) atoms. The molecule has 2 amide bonds. The SMILES string of the molecule is COc1ccc(NC(=O)c2ncccc2NC(=O)c2ccccc2)cc1. The van der Waals surface area contributed by atoms with Gasteiger partial charge in [-0.25, -0.2) is 4.98 Å². The first-order valence-electron chi connectivity index (χ1n) is 7.94. The second kappa shape index (κ2) is 7.94. The van der Waals surface area contributed by atoms with Gasteiger partial charge in [0.15, 0.2) is 5.69 Å². The molecular formula is C20H17N3O3. The fourth-order valence-electron chi connectivity index (χ4n) is 2.34. The Bertz CT molecular complexity index is 909. The number of anilines is 2. The Morgan fingerprint density at radius 1 is 0.846 bits per heavy atom. The van der Waals surface area contributed by atoms with Gasteiger partial charge in [-0.2, -0.15) is 0 Å². The molecule has 0 atom stereocenters. The minimum atomic E-state index is -0.417. The van der Waals surface area contributed by atoms with Crippen molar-refractivity contribution in [3.8, 4) is 5.75 Å². The molecule has 0 fully saturated rings. The van der Waals surface area contributed by atoms with Gasteiger partial charge in [-0.1, -0.05) is 18.2 Å². The Morgan fingerprint density at radius 2 is 1.58 bits per heavy atom. The van der Waals surface area contributed by atoms with Crippen LogP contribution in [0.1, 0.15) is 20.8 Å². The maximum absolute atomic E-state index is 12.6. The number of methoxy groups -OCH3 is 1. The molecule has 0 spiro atoms. The van der Waals surface area contributed by atoms with E-state index in [1.54, 1.807) is 67.8 Å². The summed E-state index contributed by atoms with van der Waals surface area (Å²) in [6, 6.07) is 19.0. The van der Waals surface area contributed by atoms with Crippen LogP contribution in [0.25, 0.3) is 0 Å². The zero-order valence-electron chi connectivity index (χ0n) is 14.1. The number of ether oxygens (including phenoxy) is 1. The minimum Gasteiger partial charge on any atom is -0.497 e. The number of aromatic nitrogens is 1. The van der Waals surface area contributed by atoms with Crippen LogP contribution < -0.4 is 15.4 Å². The summed E-state index contributed by atoms with van der Waals surface area (Å²) >= 11 is 0. The van der Waals surface area contributed by atoms with Gasteiger partial charge in [0.25, 0.3) is 11.8 Å². The summed E-state index contributed by atoms with van der Waals surface area (Å²) in [5.41, 5.74) is 1.57. The molecule has 0 bridgehead atoms. The third kappa shape index (κ3) is 4.05. The average molecular weight is 347 g/mol. The van der Waals surface area contributed by atoms with Gasteiger partial charge in [0.1, 0.15) is 5.75 Å². The Morgan fingerprint density at radius 3 is 2.27 bits per heavy atom. The van der Waals surface area contributed by atoms with Crippen molar-refractivity contribution in [2.75, 3.05) is 17.7 Å². The molecule has 2 aromatic carbocycles. The topological polar surface area (TPSA) is 80.3 Å². The van der Waals surface area contributed by atoms with E-state index in [0.29, 0.717) is 22.7 Å². The number of benzene rings is 2. The van der Waals surface area contributed by atoms with Gasteiger partial charge in [-0.3, -0.25) is 9.59 Å². The third-order valence-corrected chi connectivity index (χ3v) is 3.65. The number of hydrogen-bond acceptors (Lipinski definition) is 4. The highest BCUT2D eigenvalue weighted by atomic mass is 16.5. The van der Waals surface area contributed by atoms with Crippen LogP contribution in [0.5, 0.6) is 5.75 Å². The third-order valence-electron chi connectivity index (χ3n) is 3.65. The van der Waals surface area contributed by atoms with Gasteiger partial charge in [0, 0.05) is 17.4 Å². The van der Waals surface area contributed by atoms with Crippen molar-refractivity contribution < 1.29 is 14.3 Å². The monoisotopic (exact) mass is 347 g/mol. The molecule has 3 rings (SSSR count). The van der Waals surface area contributed by atoms with Crippen molar-refractivity contribution in [3.63, 3.8) is 0 Å². The number of pyridine rings is 1. The van der Waals surface area contributed by atoms with Crippen molar-refractivity contribution >= 4 is 23.2 Å². The summed E-state index contributed by atoms with van der Waals surface area (Å²) in [7, 11) is 1.57. The lowest BCUT2D eigenvalue weighted by Gasteiger charge is -2.11. The largest absolute Gasteiger partial charge is 0.497 e. The summed E-state index contributed by atoms with van der Waals surface area (Å²) in [4.78, 5) is 29.0. The number of nitrogens with one attached hydrogen (secondary N) is 2. The van der Waals surface area contributed by atoms with E-state index in [9.17, 15) is 9.59 Å². The second-order valence-corrected chi connectivity index (χ2v) is 5.40. The van der Waals surface area contributed by atoms with Crippen LogP contribution in [0, 0.1) is 0 Å². The standard InChI is InChI=1S/C20H17N3O3/c1-26-16-11-9-15(10-12-16)22-20(25)18-17(8-5-13-21-18)23-19(24)14-6-3-2-4-7-14/h2-13H,1H3,(H,22,25)(H,23,24). The molecule has 0 aliphatic rings. The van der Waals surface area contributed by atoms with E-state index in [0.717, 1.165) is 0 Å². The highest BCUT2D eigenvalue weighted by molar-refractivity contribution is 6.11. The molecule has 0 aliphatic heterocycles. The van der Waals surface area contributed by atoms with Gasteiger partial charge in [-0.05, 0) is 48.5 Å². The van der Waals surface area contributed by atoms with E-state index in [2.05, 4.69) is 15.6 Å². The van der Waals surface area contributed by atoms with Gasteiger partial charge < -0.3 is 15.4 Å². The van der Waals surface area contributed by atoms with E-state index >= 15 is 0 Å². The van der Waals surface area contributed by atoms with Gasteiger partial charge >= 0.3 is 0 Å². The molecule has 3 aromatic rings. The summed E-state index contributed by atoms with van der Waals surface area (Å²) < 4.78 is 5.09. The molecule has 0 aliphatic carbocycles. The van der Waals surface area contributed by atoms with Crippen LogP contribution in [0.15, 0.2) is 72.9 Å². The predicted octanol–water partition coefficient (Wildman–Crippen LogP) is 3.59. The van der Waals surface area contributed by atoms with E-state index in [4.69, 9.17) is 4.74 Å². The molecule has 0 saturated carbocycles.